The number of carbonyl (C=O) groups excluding carboxylic acids is 1. The second-order valence-electron chi connectivity index (χ2n) is 4.59. The van der Waals surface area contributed by atoms with Crippen molar-refractivity contribution in [2.75, 3.05) is 19.8 Å². The molecule has 3 heteroatoms. The Kier molecular flexibility index (Phi) is 10.2. The van der Waals surface area contributed by atoms with Crippen LogP contribution in [0.15, 0.2) is 0 Å². The third kappa shape index (κ3) is 8.19. The van der Waals surface area contributed by atoms with Gasteiger partial charge in [-0.3, -0.25) is 4.79 Å². The topological polar surface area (TPSA) is 35.5 Å². The number of hydrogen-bond acceptors (Lipinski definition) is 3. The van der Waals surface area contributed by atoms with Crippen molar-refractivity contribution in [2.45, 2.75) is 53.4 Å². The zero-order valence-electron chi connectivity index (χ0n) is 11.8. The van der Waals surface area contributed by atoms with Gasteiger partial charge in [0, 0.05) is 6.61 Å². The molecular weight excluding hydrogens is 216 g/mol. The van der Waals surface area contributed by atoms with Crippen LogP contribution in [-0.4, -0.2) is 25.8 Å². The van der Waals surface area contributed by atoms with Crippen LogP contribution in [-0.2, 0) is 14.3 Å². The first kappa shape index (κ1) is 16.4. The average Bonchev–Trinajstić information content (AvgIpc) is 2.32. The molecule has 0 aromatic carbocycles. The van der Waals surface area contributed by atoms with Crippen LogP contribution in [0.1, 0.15) is 53.4 Å². The van der Waals surface area contributed by atoms with Crippen molar-refractivity contribution < 1.29 is 14.3 Å². The number of rotatable bonds is 10. The Bertz CT molecular complexity index is 192. The van der Waals surface area contributed by atoms with E-state index < -0.39 is 0 Å². The molecule has 0 amide bonds. The van der Waals surface area contributed by atoms with Gasteiger partial charge in [0.15, 0.2) is 0 Å². The zero-order chi connectivity index (χ0) is 13.1. The normalized spacial score (nSPS) is 14.4. The molecule has 0 aromatic rings. The minimum Gasteiger partial charge on any atom is -0.466 e. The van der Waals surface area contributed by atoms with Gasteiger partial charge in [0.2, 0.25) is 0 Å². The minimum absolute atomic E-state index is 0.0956. The summed E-state index contributed by atoms with van der Waals surface area (Å²) >= 11 is 0. The lowest BCUT2D eigenvalue weighted by Gasteiger charge is -2.19. The number of hydrogen-bond donors (Lipinski definition) is 0. The zero-order valence-corrected chi connectivity index (χ0v) is 11.8. The lowest BCUT2D eigenvalue weighted by atomic mass is 9.92. The Labute approximate surface area is 106 Å². The van der Waals surface area contributed by atoms with E-state index in [1.165, 1.54) is 19.3 Å². The lowest BCUT2D eigenvalue weighted by molar-refractivity contribution is -0.150. The molecule has 0 saturated carbocycles. The van der Waals surface area contributed by atoms with E-state index in [-0.39, 0.29) is 11.9 Å². The summed E-state index contributed by atoms with van der Waals surface area (Å²) in [6, 6.07) is 0. The van der Waals surface area contributed by atoms with Crippen LogP contribution in [0.3, 0.4) is 0 Å². The fourth-order valence-electron chi connectivity index (χ4n) is 1.91. The van der Waals surface area contributed by atoms with Crippen LogP contribution >= 0.6 is 0 Å². The summed E-state index contributed by atoms with van der Waals surface area (Å²) in [4.78, 5) is 11.8. The largest absolute Gasteiger partial charge is 0.466 e. The maximum absolute atomic E-state index is 11.8. The summed E-state index contributed by atoms with van der Waals surface area (Å²) < 4.78 is 10.5. The van der Waals surface area contributed by atoms with E-state index in [9.17, 15) is 4.79 Å². The van der Waals surface area contributed by atoms with Gasteiger partial charge in [0.05, 0.1) is 19.1 Å². The van der Waals surface area contributed by atoms with Crippen molar-refractivity contribution in [3.63, 3.8) is 0 Å². The van der Waals surface area contributed by atoms with Crippen molar-refractivity contribution in [1.82, 2.24) is 0 Å². The molecule has 2 atom stereocenters. The molecule has 0 bridgehead atoms. The number of unbranched alkanes of at least 4 members (excludes halogenated alkanes) is 1. The first-order valence-electron chi connectivity index (χ1n) is 6.89. The van der Waals surface area contributed by atoms with Gasteiger partial charge in [0.1, 0.15) is 0 Å². The van der Waals surface area contributed by atoms with Crippen LogP contribution in [0, 0.1) is 11.8 Å². The molecule has 0 fully saturated rings. The van der Waals surface area contributed by atoms with Gasteiger partial charge in [0.25, 0.3) is 0 Å². The second-order valence-corrected chi connectivity index (χ2v) is 4.59. The van der Waals surface area contributed by atoms with E-state index in [2.05, 4.69) is 13.8 Å². The van der Waals surface area contributed by atoms with Gasteiger partial charge in [-0.1, -0.05) is 33.1 Å². The molecule has 0 rings (SSSR count). The number of ether oxygens (including phenoxy) is 2. The van der Waals surface area contributed by atoms with Gasteiger partial charge < -0.3 is 9.47 Å². The Morgan fingerprint density at radius 3 is 2.41 bits per heavy atom. The predicted octanol–water partition coefficient (Wildman–Crippen LogP) is 3.42. The molecule has 0 heterocycles. The van der Waals surface area contributed by atoms with Crippen LogP contribution in [0.4, 0.5) is 0 Å². The van der Waals surface area contributed by atoms with Crippen molar-refractivity contribution in [3.8, 4) is 0 Å². The second kappa shape index (κ2) is 10.6. The molecule has 0 radical (unpaired) electrons. The summed E-state index contributed by atoms with van der Waals surface area (Å²) in [5, 5.41) is 0. The van der Waals surface area contributed by atoms with Crippen LogP contribution in [0.2, 0.25) is 0 Å². The molecule has 0 N–H and O–H groups in total. The predicted molar refractivity (Wildman–Crippen MR) is 69.9 cm³/mol. The monoisotopic (exact) mass is 244 g/mol. The van der Waals surface area contributed by atoms with Gasteiger partial charge in [-0.25, -0.2) is 0 Å². The fraction of sp³-hybridized carbons (Fsp3) is 0.929. The first-order chi connectivity index (χ1) is 8.15. The maximum Gasteiger partial charge on any atom is 0.311 e. The van der Waals surface area contributed by atoms with E-state index >= 15 is 0 Å². The molecule has 3 nitrogen and oxygen atoms in total. The first-order valence-corrected chi connectivity index (χ1v) is 6.89. The van der Waals surface area contributed by atoms with Crippen molar-refractivity contribution in [1.29, 1.82) is 0 Å². The van der Waals surface area contributed by atoms with E-state index in [0.717, 1.165) is 6.42 Å². The Hall–Kier alpha value is -0.570. The van der Waals surface area contributed by atoms with Crippen molar-refractivity contribution in [2.24, 2.45) is 11.8 Å². The molecule has 0 aliphatic rings. The quantitative estimate of drug-likeness (QED) is 0.552. The van der Waals surface area contributed by atoms with Crippen LogP contribution in [0.25, 0.3) is 0 Å². The van der Waals surface area contributed by atoms with Crippen molar-refractivity contribution in [3.05, 3.63) is 0 Å². The van der Waals surface area contributed by atoms with Gasteiger partial charge >= 0.3 is 5.97 Å². The van der Waals surface area contributed by atoms with E-state index in [0.29, 0.717) is 25.7 Å². The summed E-state index contributed by atoms with van der Waals surface area (Å²) in [7, 11) is 0. The summed E-state index contributed by atoms with van der Waals surface area (Å²) in [5.41, 5.74) is 0. The van der Waals surface area contributed by atoms with E-state index in [4.69, 9.17) is 9.47 Å². The lowest BCUT2D eigenvalue weighted by Crippen LogP contribution is -2.25. The molecule has 0 saturated heterocycles. The highest BCUT2D eigenvalue weighted by molar-refractivity contribution is 5.72. The maximum atomic E-state index is 11.8. The molecule has 2 unspecified atom stereocenters. The SMILES string of the molecule is CCCCC(C)CC(COCC)C(=O)OCC. The molecule has 0 aliphatic heterocycles. The van der Waals surface area contributed by atoms with Gasteiger partial charge in [-0.2, -0.15) is 0 Å². The average molecular weight is 244 g/mol. The van der Waals surface area contributed by atoms with Crippen molar-refractivity contribution >= 4 is 5.97 Å². The molecule has 0 aromatic heterocycles. The molecule has 0 spiro atoms. The summed E-state index contributed by atoms with van der Waals surface area (Å²) in [6.45, 7) is 9.78. The Morgan fingerprint density at radius 1 is 1.18 bits per heavy atom. The molecule has 17 heavy (non-hydrogen) atoms. The summed E-state index contributed by atoms with van der Waals surface area (Å²) in [6.07, 6.45) is 4.49. The Balaban J connectivity index is 4.11. The molecule has 102 valence electrons. The smallest absolute Gasteiger partial charge is 0.311 e. The van der Waals surface area contributed by atoms with E-state index in [1.807, 2.05) is 13.8 Å². The van der Waals surface area contributed by atoms with Crippen LogP contribution < -0.4 is 0 Å². The number of carbonyl (C=O) groups is 1. The highest BCUT2D eigenvalue weighted by atomic mass is 16.5. The molecular formula is C14H28O3. The number of esters is 1. The highest BCUT2D eigenvalue weighted by Crippen LogP contribution is 2.19. The highest BCUT2D eigenvalue weighted by Gasteiger charge is 2.22. The minimum atomic E-state index is -0.107. The third-order valence-electron chi connectivity index (χ3n) is 2.88. The standard InChI is InChI=1S/C14H28O3/c1-5-8-9-12(4)10-13(11-16-6-2)14(15)17-7-3/h12-13H,5-11H2,1-4H3. The van der Waals surface area contributed by atoms with Gasteiger partial charge in [-0.15, -0.1) is 0 Å². The Morgan fingerprint density at radius 2 is 1.88 bits per heavy atom. The van der Waals surface area contributed by atoms with Gasteiger partial charge in [-0.05, 0) is 26.2 Å². The fourth-order valence-corrected chi connectivity index (χ4v) is 1.91. The van der Waals surface area contributed by atoms with Crippen LogP contribution in [0.5, 0.6) is 0 Å². The third-order valence-corrected chi connectivity index (χ3v) is 2.88. The van der Waals surface area contributed by atoms with E-state index in [1.54, 1.807) is 0 Å². The summed E-state index contributed by atoms with van der Waals surface area (Å²) in [5.74, 6) is 0.357. The molecule has 0 aliphatic carbocycles.